The summed E-state index contributed by atoms with van der Waals surface area (Å²) in [5.74, 6) is -0.395. The van der Waals surface area contributed by atoms with Gasteiger partial charge in [-0.15, -0.1) is 0 Å². The molecule has 0 aromatic heterocycles. The maximum Gasteiger partial charge on any atom is 0.336 e. The molecule has 2 aliphatic rings. The van der Waals surface area contributed by atoms with Gasteiger partial charge in [0.15, 0.2) is 0 Å². The molecule has 0 spiro atoms. The van der Waals surface area contributed by atoms with Crippen LogP contribution in [0.5, 0.6) is 5.75 Å². The first-order valence-corrected chi connectivity index (χ1v) is 7.08. The molecule has 2 aliphatic carbocycles. The maximum absolute atomic E-state index is 11.7. The number of fused-ring (bicyclic) bond motifs is 1. The van der Waals surface area contributed by atoms with Crippen LogP contribution in [0.1, 0.15) is 10.4 Å². The van der Waals surface area contributed by atoms with Gasteiger partial charge in [-0.3, -0.25) is 0 Å². The summed E-state index contributed by atoms with van der Waals surface area (Å²) < 4.78 is 5.14. The van der Waals surface area contributed by atoms with Gasteiger partial charge in [0.1, 0.15) is 5.75 Å². The summed E-state index contributed by atoms with van der Waals surface area (Å²) in [5.41, 5.74) is 3.27. The molecule has 0 heterocycles. The Morgan fingerprint density at radius 2 is 1.73 bits per heavy atom. The summed E-state index contributed by atoms with van der Waals surface area (Å²) in [7, 11) is 1.54. The highest BCUT2D eigenvalue weighted by atomic mass is 35.5. The largest absolute Gasteiger partial charge is 0.495 e. The van der Waals surface area contributed by atoms with E-state index in [0.29, 0.717) is 21.9 Å². The molecule has 0 aliphatic heterocycles. The van der Waals surface area contributed by atoms with Crippen molar-refractivity contribution in [2.75, 3.05) is 7.11 Å². The molecule has 3 rings (SSSR count). The van der Waals surface area contributed by atoms with E-state index in [1.165, 1.54) is 0 Å². The molecule has 0 amide bonds. The number of hydrogen-bond donors (Lipinski definition) is 1. The van der Waals surface area contributed by atoms with Gasteiger partial charge in [-0.1, -0.05) is 48.0 Å². The van der Waals surface area contributed by atoms with Gasteiger partial charge in [-0.05, 0) is 40.5 Å². The number of aromatic carboxylic acids is 1. The first-order valence-electron chi connectivity index (χ1n) is 6.71. The van der Waals surface area contributed by atoms with Crippen molar-refractivity contribution < 1.29 is 14.6 Å². The Morgan fingerprint density at radius 1 is 1.00 bits per heavy atom. The average molecular weight is 313 g/mol. The van der Waals surface area contributed by atoms with Crippen LogP contribution in [-0.2, 0) is 0 Å². The van der Waals surface area contributed by atoms with Crippen molar-refractivity contribution in [2.45, 2.75) is 0 Å². The number of halogens is 1. The number of hydrogen-bond acceptors (Lipinski definition) is 2. The Labute approximate surface area is 133 Å². The first kappa shape index (κ1) is 14.4. The third-order valence-electron chi connectivity index (χ3n) is 3.59. The second kappa shape index (κ2) is 5.70. The Hall–Kier alpha value is -2.52. The van der Waals surface area contributed by atoms with Crippen molar-refractivity contribution in [2.24, 2.45) is 0 Å². The third kappa shape index (κ3) is 2.40. The summed E-state index contributed by atoms with van der Waals surface area (Å²) in [6, 6.07) is 16.4. The van der Waals surface area contributed by atoms with Crippen molar-refractivity contribution in [1.82, 2.24) is 0 Å². The van der Waals surface area contributed by atoms with Crippen LogP contribution >= 0.6 is 11.6 Å². The minimum Gasteiger partial charge on any atom is -0.495 e. The van der Waals surface area contributed by atoms with Crippen LogP contribution in [0.4, 0.5) is 0 Å². The fourth-order valence-corrected chi connectivity index (χ4v) is 2.84. The number of benzene rings is 1. The average Bonchev–Trinajstić information content (AvgIpc) is 2.71. The summed E-state index contributed by atoms with van der Waals surface area (Å²) in [5, 5.41) is 10.1. The van der Waals surface area contributed by atoms with Gasteiger partial charge < -0.3 is 9.84 Å². The Balaban J connectivity index is 2.27. The third-order valence-corrected chi connectivity index (χ3v) is 3.88. The molecule has 110 valence electrons. The lowest BCUT2D eigenvalue weighted by Crippen LogP contribution is -1.98. The predicted octanol–water partition coefficient (Wildman–Crippen LogP) is 4.82. The summed E-state index contributed by atoms with van der Waals surface area (Å²) in [6.07, 6.45) is 0. The molecule has 0 unspecified atom stereocenters. The molecule has 1 aromatic rings. The summed E-state index contributed by atoms with van der Waals surface area (Å²) >= 11 is 6.16. The molecular weight excluding hydrogens is 300 g/mol. The topological polar surface area (TPSA) is 46.5 Å². The van der Waals surface area contributed by atoms with E-state index in [4.69, 9.17) is 16.3 Å². The molecule has 1 aromatic carbocycles. The quantitative estimate of drug-likeness (QED) is 0.754. The highest BCUT2D eigenvalue weighted by Crippen LogP contribution is 2.39. The minimum atomic E-state index is -0.955. The van der Waals surface area contributed by atoms with Gasteiger partial charge in [0.05, 0.1) is 17.7 Å². The normalized spacial score (nSPS) is 10.6. The fourth-order valence-electron chi connectivity index (χ4n) is 2.58. The first-order chi connectivity index (χ1) is 10.6. The van der Waals surface area contributed by atoms with Crippen LogP contribution in [0.25, 0.3) is 22.3 Å². The Kier molecular flexibility index (Phi) is 3.73. The van der Waals surface area contributed by atoms with Crippen molar-refractivity contribution in [3.8, 4) is 28.0 Å². The molecule has 22 heavy (non-hydrogen) atoms. The number of carboxylic acid groups (broad SMARTS) is 1. The highest BCUT2D eigenvalue weighted by Gasteiger charge is 2.22. The molecule has 4 heteroatoms. The van der Waals surface area contributed by atoms with Crippen LogP contribution in [0.15, 0.2) is 54.6 Å². The summed E-state index contributed by atoms with van der Waals surface area (Å²) in [4.78, 5) is 11.7. The summed E-state index contributed by atoms with van der Waals surface area (Å²) in [6.45, 7) is 0. The van der Waals surface area contributed by atoms with Gasteiger partial charge >= 0.3 is 5.97 Å². The second-order valence-corrected chi connectivity index (χ2v) is 5.27. The molecule has 3 nitrogen and oxygen atoms in total. The predicted molar refractivity (Wildman–Crippen MR) is 87.0 cm³/mol. The molecule has 0 fully saturated rings. The molecule has 0 saturated heterocycles. The van der Waals surface area contributed by atoms with E-state index >= 15 is 0 Å². The molecule has 1 N–H and O–H groups in total. The number of carboxylic acids is 1. The zero-order chi connectivity index (χ0) is 15.7. The lowest BCUT2D eigenvalue weighted by Gasteiger charge is -2.06. The maximum atomic E-state index is 11.7. The zero-order valence-corrected chi connectivity index (χ0v) is 12.6. The van der Waals surface area contributed by atoms with Crippen molar-refractivity contribution in [1.29, 1.82) is 0 Å². The minimum absolute atomic E-state index is 0.285. The van der Waals surface area contributed by atoms with Crippen LogP contribution in [0.2, 0.25) is 5.02 Å². The van der Waals surface area contributed by atoms with Gasteiger partial charge in [0, 0.05) is 0 Å². The van der Waals surface area contributed by atoms with Crippen LogP contribution in [-0.4, -0.2) is 18.2 Å². The number of methoxy groups -OCH3 is 1. The van der Waals surface area contributed by atoms with Crippen molar-refractivity contribution in [3.05, 3.63) is 65.2 Å². The lowest BCUT2D eigenvalue weighted by molar-refractivity contribution is 0.0699. The van der Waals surface area contributed by atoms with E-state index in [0.717, 1.165) is 11.1 Å². The van der Waals surface area contributed by atoms with Crippen molar-refractivity contribution >= 4 is 17.6 Å². The van der Waals surface area contributed by atoms with E-state index in [1.54, 1.807) is 19.2 Å². The molecule has 0 bridgehead atoms. The number of rotatable bonds is 3. The van der Waals surface area contributed by atoms with Crippen LogP contribution in [0, 0.1) is 0 Å². The SMILES string of the molecule is COc1ccc(-c2cc3cccccc-3c2C(=O)O)cc1Cl. The van der Waals surface area contributed by atoms with Gasteiger partial charge in [-0.2, -0.15) is 0 Å². The van der Waals surface area contributed by atoms with E-state index in [-0.39, 0.29) is 5.56 Å². The lowest BCUT2D eigenvalue weighted by atomic mass is 10.0. The molecule has 0 radical (unpaired) electrons. The fraction of sp³-hybridized carbons (Fsp3) is 0.0556. The molecular formula is C18H13ClO3. The van der Waals surface area contributed by atoms with Gasteiger partial charge in [-0.25, -0.2) is 4.79 Å². The number of carbonyl (C=O) groups is 1. The zero-order valence-electron chi connectivity index (χ0n) is 11.8. The smallest absolute Gasteiger partial charge is 0.336 e. The van der Waals surface area contributed by atoms with Crippen molar-refractivity contribution in [3.63, 3.8) is 0 Å². The highest BCUT2D eigenvalue weighted by molar-refractivity contribution is 6.32. The van der Waals surface area contributed by atoms with Crippen LogP contribution < -0.4 is 4.74 Å². The molecule has 0 atom stereocenters. The van der Waals surface area contributed by atoms with Crippen LogP contribution in [0.3, 0.4) is 0 Å². The second-order valence-electron chi connectivity index (χ2n) is 4.87. The molecule has 0 saturated carbocycles. The standard InChI is InChI=1S/C18H13ClO3/c1-22-16-8-7-12(10-15(16)19)14-9-11-5-3-2-4-6-13(11)17(14)18(20)21/h2-10H,1H3,(H,20,21). The van der Waals surface area contributed by atoms with E-state index in [1.807, 2.05) is 42.5 Å². The van der Waals surface area contributed by atoms with E-state index < -0.39 is 5.97 Å². The Morgan fingerprint density at radius 3 is 2.41 bits per heavy atom. The van der Waals surface area contributed by atoms with Gasteiger partial charge in [0.2, 0.25) is 0 Å². The van der Waals surface area contributed by atoms with Gasteiger partial charge in [0.25, 0.3) is 0 Å². The van der Waals surface area contributed by atoms with E-state index in [2.05, 4.69) is 0 Å². The van der Waals surface area contributed by atoms with E-state index in [9.17, 15) is 9.90 Å². The monoisotopic (exact) mass is 312 g/mol. The number of ether oxygens (including phenoxy) is 1. The Bertz CT molecular complexity index is 826.